The standard InChI is InChI=1S/C24H24N4O4/c1-13-16-5-3-4-6-18(16)28(23(25)32)24(13,2)15-7-8-17-14(11-15)12-27(22(17)31)19-9-10-20(29)26-21(19)30/h3-8,11,13,19H,9-10,12H2,1-2H3,(H2,25,32)(H,26,29,30). The van der Waals surface area contributed by atoms with Crippen LogP contribution in [-0.2, 0) is 21.7 Å². The number of primary amides is 1. The van der Waals surface area contributed by atoms with Crippen molar-refractivity contribution in [1.29, 1.82) is 0 Å². The number of hydrogen-bond donors (Lipinski definition) is 2. The molecule has 3 heterocycles. The Kier molecular flexibility index (Phi) is 4.37. The van der Waals surface area contributed by atoms with Gasteiger partial charge in [-0.3, -0.25) is 24.6 Å². The van der Waals surface area contributed by atoms with Crippen molar-refractivity contribution < 1.29 is 19.2 Å². The summed E-state index contributed by atoms with van der Waals surface area (Å²) in [5.74, 6) is -0.991. The van der Waals surface area contributed by atoms with Crippen molar-refractivity contribution in [3.63, 3.8) is 0 Å². The molecule has 0 saturated carbocycles. The van der Waals surface area contributed by atoms with Crippen LogP contribution in [0.25, 0.3) is 0 Å². The molecule has 2 aromatic carbocycles. The number of fused-ring (bicyclic) bond motifs is 2. The molecule has 0 bridgehead atoms. The number of rotatable bonds is 2. The van der Waals surface area contributed by atoms with E-state index in [1.807, 2.05) is 43.3 Å². The summed E-state index contributed by atoms with van der Waals surface area (Å²) < 4.78 is 0. The summed E-state index contributed by atoms with van der Waals surface area (Å²) in [5.41, 5.74) is 9.13. The predicted octanol–water partition coefficient (Wildman–Crippen LogP) is 2.37. The molecule has 1 fully saturated rings. The van der Waals surface area contributed by atoms with Gasteiger partial charge in [0.05, 0.1) is 5.54 Å². The summed E-state index contributed by atoms with van der Waals surface area (Å²) in [6, 6.07) is 12.1. The van der Waals surface area contributed by atoms with Crippen LogP contribution in [0, 0.1) is 0 Å². The van der Waals surface area contributed by atoms with Crippen molar-refractivity contribution in [2.75, 3.05) is 4.90 Å². The van der Waals surface area contributed by atoms with Gasteiger partial charge in [0.15, 0.2) is 0 Å². The van der Waals surface area contributed by atoms with Gasteiger partial charge in [0, 0.05) is 30.1 Å². The van der Waals surface area contributed by atoms with Crippen molar-refractivity contribution in [3.05, 3.63) is 64.7 Å². The monoisotopic (exact) mass is 432 g/mol. The molecule has 32 heavy (non-hydrogen) atoms. The van der Waals surface area contributed by atoms with Crippen molar-refractivity contribution in [2.45, 2.75) is 50.7 Å². The van der Waals surface area contributed by atoms with Gasteiger partial charge in [0.2, 0.25) is 11.8 Å². The van der Waals surface area contributed by atoms with E-state index in [4.69, 9.17) is 5.73 Å². The van der Waals surface area contributed by atoms with E-state index in [0.29, 0.717) is 12.0 Å². The Hall–Kier alpha value is -3.68. The predicted molar refractivity (Wildman–Crippen MR) is 117 cm³/mol. The largest absolute Gasteiger partial charge is 0.351 e. The minimum Gasteiger partial charge on any atom is -0.351 e. The smallest absolute Gasteiger partial charge is 0.320 e. The van der Waals surface area contributed by atoms with Gasteiger partial charge in [-0.25, -0.2) is 4.79 Å². The van der Waals surface area contributed by atoms with E-state index in [2.05, 4.69) is 12.2 Å². The number of amides is 5. The maximum Gasteiger partial charge on any atom is 0.320 e. The van der Waals surface area contributed by atoms with E-state index in [-0.39, 0.29) is 30.7 Å². The van der Waals surface area contributed by atoms with Crippen LogP contribution in [0.1, 0.15) is 59.7 Å². The molecule has 0 radical (unpaired) electrons. The van der Waals surface area contributed by atoms with E-state index >= 15 is 0 Å². The quantitative estimate of drug-likeness (QED) is 0.710. The summed E-state index contributed by atoms with van der Waals surface area (Å²) >= 11 is 0. The lowest BCUT2D eigenvalue weighted by Crippen LogP contribution is -2.52. The molecule has 1 saturated heterocycles. The minimum absolute atomic E-state index is 0.0207. The van der Waals surface area contributed by atoms with Crippen LogP contribution < -0.4 is 16.0 Å². The van der Waals surface area contributed by atoms with E-state index in [9.17, 15) is 19.2 Å². The fourth-order valence-corrected chi connectivity index (χ4v) is 5.42. The molecule has 0 spiro atoms. The minimum atomic E-state index is -0.727. The highest BCUT2D eigenvalue weighted by molar-refractivity contribution is 6.05. The topological polar surface area (TPSA) is 113 Å². The number of urea groups is 1. The third-order valence-corrected chi connectivity index (χ3v) is 7.28. The van der Waals surface area contributed by atoms with Gasteiger partial charge < -0.3 is 10.6 Å². The van der Waals surface area contributed by atoms with Gasteiger partial charge in [0.25, 0.3) is 5.91 Å². The van der Waals surface area contributed by atoms with Crippen molar-refractivity contribution in [3.8, 4) is 0 Å². The lowest BCUT2D eigenvalue weighted by Gasteiger charge is -2.38. The number of nitrogens with zero attached hydrogens (tertiary/aromatic N) is 2. The number of hydrogen-bond acceptors (Lipinski definition) is 4. The molecule has 8 heteroatoms. The first-order chi connectivity index (χ1) is 15.2. The molecule has 3 N–H and O–H groups in total. The fourth-order valence-electron chi connectivity index (χ4n) is 5.42. The summed E-state index contributed by atoms with van der Waals surface area (Å²) in [4.78, 5) is 52.5. The molecule has 3 unspecified atom stereocenters. The second-order valence-electron chi connectivity index (χ2n) is 8.87. The Balaban J connectivity index is 1.52. The van der Waals surface area contributed by atoms with Gasteiger partial charge in [0.1, 0.15) is 6.04 Å². The molecule has 164 valence electrons. The maximum atomic E-state index is 13.0. The molecule has 3 aliphatic rings. The number of nitrogens with two attached hydrogens (primary N) is 1. The fraction of sp³-hybridized carbons (Fsp3) is 0.333. The first-order valence-electron chi connectivity index (χ1n) is 10.7. The highest BCUT2D eigenvalue weighted by Crippen LogP contribution is 2.53. The third-order valence-electron chi connectivity index (χ3n) is 7.28. The highest BCUT2D eigenvalue weighted by atomic mass is 16.2. The Morgan fingerprint density at radius 3 is 2.62 bits per heavy atom. The molecule has 5 amide bonds. The lowest BCUT2D eigenvalue weighted by atomic mass is 9.78. The van der Waals surface area contributed by atoms with Gasteiger partial charge in [-0.05, 0) is 42.2 Å². The Morgan fingerprint density at radius 1 is 1.16 bits per heavy atom. The van der Waals surface area contributed by atoms with Crippen LogP contribution in [0.2, 0.25) is 0 Å². The van der Waals surface area contributed by atoms with Gasteiger partial charge in [-0.2, -0.15) is 0 Å². The number of nitrogens with one attached hydrogen (secondary N) is 1. The summed E-state index contributed by atoms with van der Waals surface area (Å²) in [7, 11) is 0. The Bertz CT molecular complexity index is 1190. The molecule has 5 rings (SSSR count). The van der Waals surface area contributed by atoms with Crippen molar-refractivity contribution in [2.24, 2.45) is 5.73 Å². The SMILES string of the molecule is CC1c2ccccc2N(C(N)=O)C1(C)c1ccc2c(c1)CN(C1CCC(=O)NC1=O)C2=O. The highest BCUT2D eigenvalue weighted by Gasteiger charge is 2.50. The molecule has 0 aliphatic carbocycles. The lowest BCUT2D eigenvalue weighted by molar-refractivity contribution is -0.136. The molecule has 2 aromatic rings. The van der Waals surface area contributed by atoms with Gasteiger partial charge in [-0.15, -0.1) is 0 Å². The zero-order chi connectivity index (χ0) is 22.8. The van der Waals surface area contributed by atoms with Crippen LogP contribution in [0.5, 0.6) is 0 Å². The molecule has 0 aromatic heterocycles. The molecule has 3 atom stereocenters. The first kappa shape index (κ1) is 20.2. The molecule has 8 nitrogen and oxygen atoms in total. The van der Waals surface area contributed by atoms with E-state index in [1.165, 1.54) is 4.90 Å². The normalized spacial score (nSPS) is 26.8. The summed E-state index contributed by atoms with van der Waals surface area (Å²) in [6.07, 6.45) is 0.528. The molecular weight excluding hydrogens is 408 g/mol. The number of benzene rings is 2. The van der Waals surface area contributed by atoms with Crippen LogP contribution in [-0.4, -0.2) is 34.7 Å². The van der Waals surface area contributed by atoms with E-state index < -0.39 is 23.5 Å². The zero-order valence-corrected chi connectivity index (χ0v) is 17.9. The Labute approximate surface area is 185 Å². The van der Waals surface area contributed by atoms with Crippen LogP contribution in [0.4, 0.5) is 10.5 Å². The molecular formula is C24H24N4O4. The number of piperidine rings is 1. The van der Waals surface area contributed by atoms with E-state index in [1.54, 1.807) is 11.0 Å². The van der Waals surface area contributed by atoms with Gasteiger partial charge in [-0.1, -0.05) is 37.3 Å². The number of carbonyl (C=O) groups excluding carboxylic acids is 4. The average molecular weight is 432 g/mol. The second kappa shape index (κ2) is 6.91. The Morgan fingerprint density at radius 2 is 1.91 bits per heavy atom. The van der Waals surface area contributed by atoms with E-state index in [0.717, 1.165) is 22.4 Å². The van der Waals surface area contributed by atoms with Crippen LogP contribution in [0.15, 0.2) is 42.5 Å². The number of imide groups is 1. The maximum absolute atomic E-state index is 13.0. The first-order valence-corrected chi connectivity index (χ1v) is 10.7. The third kappa shape index (κ3) is 2.68. The van der Waals surface area contributed by atoms with Gasteiger partial charge >= 0.3 is 6.03 Å². The zero-order valence-electron chi connectivity index (χ0n) is 17.9. The summed E-state index contributed by atoms with van der Waals surface area (Å²) in [6.45, 7) is 4.33. The van der Waals surface area contributed by atoms with Crippen LogP contribution >= 0.6 is 0 Å². The second-order valence-corrected chi connectivity index (χ2v) is 8.87. The summed E-state index contributed by atoms with van der Waals surface area (Å²) in [5, 5.41) is 2.32. The molecule has 3 aliphatic heterocycles. The van der Waals surface area contributed by atoms with Crippen molar-refractivity contribution in [1.82, 2.24) is 10.2 Å². The van der Waals surface area contributed by atoms with Crippen LogP contribution in [0.3, 0.4) is 0 Å². The number of para-hydroxylation sites is 1. The average Bonchev–Trinajstić information content (AvgIpc) is 3.20. The number of anilines is 1. The number of carbonyl (C=O) groups is 4. The van der Waals surface area contributed by atoms with Crippen molar-refractivity contribution >= 4 is 29.4 Å².